The van der Waals surface area contributed by atoms with Gasteiger partial charge in [-0.3, -0.25) is 4.79 Å². The van der Waals surface area contributed by atoms with Gasteiger partial charge in [-0.2, -0.15) is 0 Å². The number of ether oxygens (including phenoxy) is 2. The monoisotopic (exact) mass is 379 g/mol. The van der Waals surface area contributed by atoms with Crippen molar-refractivity contribution >= 4 is 11.9 Å². The predicted octanol–water partition coefficient (Wildman–Crippen LogP) is 4.64. The molecule has 0 bridgehead atoms. The first-order valence-corrected chi connectivity index (χ1v) is 9.65. The fourth-order valence-electron chi connectivity index (χ4n) is 3.04. The van der Waals surface area contributed by atoms with Crippen LogP contribution in [0.2, 0.25) is 0 Å². The topological polar surface area (TPSA) is 64.6 Å². The molecule has 1 amide bonds. The Morgan fingerprint density at radius 2 is 1.68 bits per heavy atom. The van der Waals surface area contributed by atoms with E-state index in [2.05, 4.69) is 11.4 Å². The molecule has 0 saturated heterocycles. The Kier molecular flexibility index (Phi) is 7.24. The van der Waals surface area contributed by atoms with E-state index >= 15 is 0 Å². The van der Waals surface area contributed by atoms with Gasteiger partial charge in [-0.05, 0) is 68.5 Å². The molecule has 1 aliphatic carbocycles. The van der Waals surface area contributed by atoms with Crippen LogP contribution in [-0.2, 0) is 9.53 Å². The maximum absolute atomic E-state index is 12.1. The van der Waals surface area contributed by atoms with E-state index in [1.807, 2.05) is 30.3 Å². The molecule has 1 N–H and O–H groups in total. The third-order valence-corrected chi connectivity index (χ3v) is 4.56. The summed E-state index contributed by atoms with van der Waals surface area (Å²) in [6, 6.07) is 16.0. The minimum absolute atomic E-state index is 0.278. The van der Waals surface area contributed by atoms with Gasteiger partial charge in [-0.1, -0.05) is 29.8 Å². The molecule has 0 heterocycles. The van der Waals surface area contributed by atoms with Gasteiger partial charge in [0, 0.05) is 6.54 Å². The highest BCUT2D eigenvalue weighted by Gasteiger charge is 2.11. The highest BCUT2D eigenvalue weighted by Crippen LogP contribution is 2.21. The average Bonchev–Trinajstić information content (AvgIpc) is 2.74. The maximum Gasteiger partial charge on any atom is 0.338 e. The van der Waals surface area contributed by atoms with Crippen LogP contribution in [0, 0.1) is 0 Å². The van der Waals surface area contributed by atoms with Gasteiger partial charge in [0.25, 0.3) is 5.91 Å². The molecule has 3 rings (SSSR count). The second kappa shape index (κ2) is 10.3. The van der Waals surface area contributed by atoms with Crippen molar-refractivity contribution in [3.05, 3.63) is 71.8 Å². The number of para-hydroxylation sites is 1. The van der Waals surface area contributed by atoms with Crippen molar-refractivity contribution in [3.63, 3.8) is 0 Å². The largest absolute Gasteiger partial charge is 0.457 e. The van der Waals surface area contributed by atoms with Crippen molar-refractivity contribution in [1.82, 2.24) is 5.32 Å². The Labute approximate surface area is 165 Å². The summed E-state index contributed by atoms with van der Waals surface area (Å²) in [5.74, 6) is 0.529. The molecule has 2 aromatic carbocycles. The Bertz CT molecular complexity index is 812. The standard InChI is InChI=1S/C23H25NO4/c25-22(24-16-15-18-7-3-1-4-8-18)17-27-23(26)19-11-13-21(14-12-19)28-20-9-5-2-6-10-20/h2,5-7,9-14H,1,3-4,8,15-17H2,(H,24,25). The van der Waals surface area contributed by atoms with Crippen LogP contribution in [0.25, 0.3) is 0 Å². The molecule has 0 radical (unpaired) electrons. The number of amides is 1. The fraction of sp³-hybridized carbons (Fsp3) is 0.304. The molecule has 0 atom stereocenters. The van der Waals surface area contributed by atoms with Crippen LogP contribution in [0.4, 0.5) is 0 Å². The molecule has 0 aliphatic heterocycles. The normalized spacial score (nSPS) is 13.4. The van der Waals surface area contributed by atoms with Crippen molar-refractivity contribution in [2.75, 3.05) is 13.2 Å². The second-order valence-corrected chi connectivity index (χ2v) is 6.72. The molecule has 1 aliphatic rings. The number of hydrogen-bond acceptors (Lipinski definition) is 4. The summed E-state index contributed by atoms with van der Waals surface area (Å²) in [4.78, 5) is 23.9. The zero-order valence-electron chi connectivity index (χ0n) is 15.9. The third kappa shape index (κ3) is 6.27. The van der Waals surface area contributed by atoms with Crippen LogP contribution in [-0.4, -0.2) is 25.0 Å². The minimum Gasteiger partial charge on any atom is -0.457 e. The van der Waals surface area contributed by atoms with E-state index in [4.69, 9.17) is 9.47 Å². The van der Waals surface area contributed by atoms with Crippen molar-refractivity contribution in [3.8, 4) is 11.5 Å². The fourth-order valence-corrected chi connectivity index (χ4v) is 3.04. The summed E-state index contributed by atoms with van der Waals surface area (Å²) in [7, 11) is 0. The van der Waals surface area contributed by atoms with Gasteiger partial charge >= 0.3 is 5.97 Å². The van der Waals surface area contributed by atoms with Crippen LogP contribution >= 0.6 is 0 Å². The van der Waals surface area contributed by atoms with Crippen molar-refractivity contribution < 1.29 is 19.1 Å². The van der Waals surface area contributed by atoms with Crippen LogP contribution in [0.15, 0.2) is 66.2 Å². The lowest BCUT2D eigenvalue weighted by molar-refractivity contribution is -0.124. The number of benzene rings is 2. The summed E-state index contributed by atoms with van der Waals surface area (Å²) in [6.07, 6.45) is 7.87. The summed E-state index contributed by atoms with van der Waals surface area (Å²) >= 11 is 0. The molecule has 2 aromatic rings. The van der Waals surface area contributed by atoms with Gasteiger partial charge in [-0.15, -0.1) is 0 Å². The third-order valence-electron chi connectivity index (χ3n) is 4.56. The van der Waals surface area contributed by atoms with Gasteiger partial charge in [0.15, 0.2) is 6.61 Å². The second-order valence-electron chi connectivity index (χ2n) is 6.72. The Morgan fingerprint density at radius 1 is 0.929 bits per heavy atom. The lowest BCUT2D eigenvalue weighted by Gasteiger charge is -2.13. The van der Waals surface area contributed by atoms with Gasteiger partial charge in [0.2, 0.25) is 0 Å². The predicted molar refractivity (Wildman–Crippen MR) is 107 cm³/mol. The Morgan fingerprint density at radius 3 is 2.39 bits per heavy atom. The molecule has 0 aromatic heterocycles. The first kappa shape index (κ1) is 19.7. The van der Waals surface area contributed by atoms with Gasteiger partial charge < -0.3 is 14.8 Å². The molecule has 5 heteroatoms. The zero-order chi connectivity index (χ0) is 19.6. The summed E-state index contributed by atoms with van der Waals surface area (Å²) in [5.41, 5.74) is 1.78. The summed E-state index contributed by atoms with van der Waals surface area (Å²) in [5, 5.41) is 2.80. The lowest BCUT2D eigenvalue weighted by Crippen LogP contribution is -2.29. The van der Waals surface area contributed by atoms with Crippen molar-refractivity contribution in [1.29, 1.82) is 0 Å². The number of nitrogens with one attached hydrogen (secondary N) is 1. The number of esters is 1. The SMILES string of the molecule is O=C(COC(=O)c1ccc(Oc2ccccc2)cc1)NCCC1=CCCCC1. The van der Waals surface area contributed by atoms with Crippen LogP contribution in [0.5, 0.6) is 11.5 Å². The van der Waals surface area contributed by atoms with Gasteiger partial charge in [0.05, 0.1) is 5.56 Å². The van der Waals surface area contributed by atoms with E-state index in [1.54, 1.807) is 24.3 Å². The van der Waals surface area contributed by atoms with Crippen LogP contribution in [0.3, 0.4) is 0 Å². The molecule has 28 heavy (non-hydrogen) atoms. The molecule has 0 fully saturated rings. The first-order chi connectivity index (χ1) is 13.7. The maximum atomic E-state index is 12.1. The Balaban J connectivity index is 1.39. The molecule has 0 unspecified atom stereocenters. The van der Waals surface area contributed by atoms with Crippen LogP contribution < -0.4 is 10.1 Å². The highest BCUT2D eigenvalue weighted by molar-refractivity contribution is 5.91. The number of allylic oxidation sites excluding steroid dienone is 1. The molecule has 0 spiro atoms. The van der Waals surface area contributed by atoms with Gasteiger partial charge in [0.1, 0.15) is 11.5 Å². The van der Waals surface area contributed by atoms with E-state index in [1.165, 1.54) is 18.4 Å². The number of carbonyl (C=O) groups excluding carboxylic acids is 2. The minimum atomic E-state index is -0.531. The van der Waals surface area contributed by atoms with Gasteiger partial charge in [-0.25, -0.2) is 4.79 Å². The smallest absolute Gasteiger partial charge is 0.338 e. The number of carbonyl (C=O) groups is 2. The molecule has 0 saturated carbocycles. The van der Waals surface area contributed by atoms with Crippen LogP contribution in [0.1, 0.15) is 42.5 Å². The molecular formula is C23H25NO4. The lowest BCUT2D eigenvalue weighted by atomic mass is 9.97. The molecular weight excluding hydrogens is 354 g/mol. The summed E-state index contributed by atoms with van der Waals surface area (Å²) in [6.45, 7) is 0.299. The number of rotatable bonds is 8. The number of hydrogen-bond donors (Lipinski definition) is 1. The molecule has 5 nitrogen and oxygen atoms in total. The molecule has 146 valence electrons. The van der Waals surface area contributed by atoms with E-state index in [0.717, 1.165) is 25.0 Å². The Hall–Kier alpha value is -3.08. The average molecular weight is 379 g/mol. The highest BCUT2D eigenvalue weighted by atomic mass is 16.5. The van der Waals surface area contributed by atoms with E-state index in [9.17, 15) is 9.59 Å². The van der Waals surface area contributed by atoms with Crippen molar-refractivity contribution in [2.45, 2.75) is 32.1 Å². The summed E-state index contributed by atoms with van der Waals surface area (Å²) < 4.78 is 10.8. The first-order valence-electron chi connectivity index (χ1n) is 9.65. The van der Waals surface area contributed by atoms with E-state index in [-0.39, 0.29) is 12.5 Å². The quantitative estimate of drug-likeness (QED) is 0.536. The van der Waals surface area contributed by atoms with Crippen molar-refractivity contribution in [2.24, 2.45) is 0 Å². The van der Waals surface area contributed by atoms with E-state index in [0.29, 0.717) is 17.9 Å². The van der Waals surface area contributed by atoms with E-state index < -0.39 is 5.97 Å². The zero-order valence-corrected chi connectivity index (χ0v) is 15.9.